The Hall–Kier alpha value is -1.40. The van der Waals surface area contributed by atoms with E-state index in [1.54, 1.807) is 0 Å². The number of ether oxygens (including phenoxy) is 2. The lowest BCUT2D eigenvalue weighted by Crippen LogP contribution is -2.64. The molecule has 6 nitrogen and oxygen atoms in total. The fourth-order valence-corrected chi connectivity index (χ4v) is 4.52. The topological polar surface area (TPSA) is 93.1 Å². The van der Waals surface area contributed by atoms with Crippen molar-refractivity contribution in [1.29, 1.82) is 0 Å². The monoisotopic (exact) mass is 324 g/mol. The van der Waals surface area contributed by atoms with Gasteiger partial charge in [-0.15, -0.1) is 0 Å². The number of carbonyl (C=O) groups is 2. The lowest BCUT2D eigenvalue weighted by atomic mass is 9.57. The molecule has 0 bridgehead atoms. The third kappa shape index (κ3) is 2.15. The van der Waals surface area contributed by atoms with Gasteiger partial charge in [0.25, 0.3) is 0 Å². The molecule has 4 atom stereocenters. The maximum absolute atomic E-state index is 12.3. The van der Waals surface area contributed by atoms with E-state index in [0.717, 1.165) is 30.4 Å². The summed E-state index contributed by atoms with van der Waals surface area (Å²) in [4.78, 5) is 23.4. The zero-order valence-electron chi connectivity index (χ0n) is 13.8. The molecule has 0 aromatic rings. The van der Waals surface area contributed by atoms with E-state index in [0.29, 0.717) is 6.42 Å². The molecular formula is C17H24O6. The molecule has 23 heavy (non-hydrogen) atoms. The van der Waals surface area contributed by atoms with Crippen LogP contribution < -0.4 is 0 Å². The van der Waals surface area contributed by atoms with Crippen molar-refractivity contribution in [3.63, 3.8) is 0 Å². The third-order valence-electron chi connectivity index (χ3n) is 5.91. The summed E-state index contributed by atoms with van der Waals surface area (Å²) >= 11 is 0. The SMILES string of the molecule is CC(=O)OCC1(O)C(=O)O[C@H]2C3=C(C)CCC[C@]3(C)CCC21O. The summed E-state index contributed by atoms with van der Waals surface area (Å²) in [6.07, 6.45) is 2.97. The predicted molar refractivity (Wildman–Crippen MR) is 80.3 cm³/mol. The van der Waals surface area contributed by atoms with Gasteiger partial charge in [-0.1, -0.05) is 12.5 Å². The van der Waals surface area contributed by atoms with Crippen molar-refractivity contribution in [1.82, 2.24) is 0 Å². The highest BCUT2D eigenvalue weighted by atomic mass is 16.6. The molecule has 3 rings (SSSR count). The molecule has 1 saturated heterocycles. The van der Waals surface area contributed by atoms with Gasteiger partial charge in [0.2, 0.25) is 5.60 Å². The number of aliphatic hydroxyl groups is 2. The van der Waals surface area contributed by atoms with Crippen molar-refractivity contribution in [2.24, 2.45) is 5.41 Å². The number of fused-ring (bicyclic) bond motifs is 3. The first-order valence-electron chi connectivity index (χ1n) is 8.13. The van der Waals surface area contributed by atoms with Crippen molar-refractivity contribution in [3.05, 3.63) is 11.1 Å². The molecule has 2 aliphatic carbocycles. The van der Waals surface area contributed by atoms with Gasteiger partial charge < -0.3 is 19.7 Å². The molecule has 0 aromatic carbocycles. The zero-order valence-corrected chi connectivity index (χ0v) is 13.8. The van der Waals surface area contributed by atoms with Gasteiger partial charge in [-0.05, 0) is 50.0 Å². The van der Waals surface area contributed by atoms with Crippen molar-refractivity contribution in [3.8, 4) is 0 Å². The van der Waals surface area contributed by atoms with Crippen molar-refractivity contribution >= 4 is 11.9 Å². The summed E-state index contributed by atoms with van der Waals surface area (Å²) in [5.41, 5.74) is -2.04. The van der Waals surface area contributed by atoms with Gasteiger partial charge >= 0.3 is 11.9 Å². The van der Waals surface area contributed by atoms with Crippen molar-refractivity contribution in [2.75, 3.05) is 6.61 Å². The molecule has 128 valence electrons. The van der Waals surface area contributed by atoms with Crippen LogP contribution in [0.25, 0.3) is 0 Å². The fourth-order valence-electron chi connectivity index (χ4n) is 4.52. The van der Waals surface area contributed by atoms with Crippen LogP contribution in [0.1, 0.15) is 52.9 Å². The van der Waals surface area contributed by atoms with Crippen LogP contribution in [0.2, 0.25) is 0 Å². The Bertz CT molecular complexity index is 596. The summed E-state index contributed by atoms with van der Waals surface area (Å²) in [7, 11) is 0. The number of esters is 2. The van der Waals surface area contributed by atoms with E-state index in [2.05, 4.69) is 6.92 Å². The van der Waals surface area contributed by atoms with E-state index in [-0.39, 0.29) is 11.8 Å². The van der Waals surface area contributed by atoms with Crippen LogP contribution in [0.15, 0.2) is 11.1 Å². The smallest absolute Gasteiger partial charge is 0.345 e. The molecule has 0 aromatic heterocycles. The summed E-state index contributed by atoms with van der Waals surface area (Å²) in [5.74, 6) is -1.53. The Morgan fingerprint density at radius 3 is 2.70 bits per heavy atom. The quantitative estimate of drug-likeness (QED) is 0.586. The minimum absolute atomic E-state index is 0.119. The van der Waals surface area contributed by atoms with Crippen LogP contribution in [-0.4, -0.2) is 46.1 Å². The summed E-state index contributed by atoms with van der Waals surface area (Å²) in [6, 6.07) is 0. The van der Waals surface area contributed by atoms with E-state index >= 15 is 0 Å². The Morgan fingerprint density at radius 2 is 2.04 bits per heavy atom. The predicted octanol–water partition coefficient (Wildman–Crippen LogP) is 1.24. The highest BCUT2D eigenvalue weighted by molar-refractivity contribution is 5.85. The maximum Gasteiger partial charge on any atom is 0.345 e. The molecular weight excluding hydrogens is 300 g/mol. The van der Waals surface area contributed by atoms with E-state index in [1.807, 2.05) is 6.92 Å². The van der Waals surface area contributed by atoms with Gasteiger partial charge in [0.05, 0.1) is 0 Å². The fraction of sp³-hybridized carbons (Fsp3) is 0.765. The molecule has 3 aliphatic rings. The summed E-state index contributed by atoms with van der Waals surface area (Å²) < 4.78 is 10.3. The zero-order chi connectivity index (χ0) is 17.0. The highest BCUT2D eigenvalue weighted by Gasteiger charge is 2.71. The largest absolute Gasteiger partial charge is 0.462 e. The summed E-state index contributed by atoms with van der Waals surface area (Å²) in [5, 5.41) is 22.0. The van der Waals surface area contributed by atoms with Crippen LogP contribution in [0.3, 0.4) is 0 Å². The van der Waals surface area contributed by atoms with Gasteiger partial charge in [-0.25, -0.2) is 4.79 Å². The molecule has 0 spiro atoms. The van der Waals surface area contributed by atoms with E-state index < -0.39 is 35.9 Å². The Kier molecular flexibility index (Phi) is 3.61. The normalized spacial score (nSPS) is 42.8. The van der Waals surface area contributed by atoms with Gasteiger partial charge in [0.15, 0.2) is 6.10 Å². The minimum atomic E-state index is -2.21. The second-order valence-corrected chi connectivity index (χ2v) is 7.46. The van der Waals surface area contributed by atoms with Crippen LogP contribution in [0, 0.1) is 5.41 Å². The molecule has 2 unspecified atom stereocenters. The summed E-state index contributed by atoms with van der Waals surface area (Å²) in [6.45, 7) is 4.73. The van der Waals surface area contributed by atoms with Crippen LogP contribution >= 0.6 is 0 Å². The molecule has 0 radical (unpaired) electrons. The van der Waals surface area contributed by atoms with Crippen LogP contribution in [0.4, 0.5) is 0 Å². The first-order valence-corrected chi connectivity index (χ1v) is 8.13. The van der Waals surface area contributed by atoms with Gasteiger partial charge in [0.1, 0.15) is 12.2 Å². The molecule has 2 fully saturated rings. The van der Waals surface area contributed by atoms with Gasteiger partial charge in [-0.3, -0.25) is 4.79 Å². The number of hydrogen-bond acceptors (Lipinski definition) is 6. The van der Waals surface area contributed by atoms with Gasteiger partial charge in [-0.2, -0.15) is 0 Å². The Balaban J connectivity index is 2.03. The van der Waals surface area contributed by atoms with Gasteiger partial charge in [0, 0.05) is 6.92 Å². The highest BCUT2D eigenvalue weighted by Crippen LogP contribution is 2.58. The van der Waals surface area contributed by atoms with Crippen LogP contribution in [0.5, 0.6) is 0 Å². The Labute approximate surface area is 135 Å². The second kappa shape index (κ2) is 5.05. The van der Waals surface area contributed by atoms with Crippen molar-refractivity contribution < 1.29 is 29.3 Å². The average molecular weight is 324 g/mol. The van der Waals surface area contributed by atoms with E-state index in [4.69, 9.17) is 9.47 Å². The minimum Gasteiger partial charge on any atom is -0.462 e. The molecule has 1 saturated carbocycles. The lowest BCUT2D eigenvalue weighted by molar-refractivity contribution is -0.187. The van der Waals surface area contributed by atoms with E-state index in [1.165, 1.54) is 6.92 Å². The van der Waals surface area contributed by atoms with E-state index in [9.17, 15) is 19.8 Å². The first-order chi connectivity index (χ1) is 10.6. The number of hydrogen-bond donors (Lipinski definition) is 2. The molecule has 1 heterocycles. The first kappa shape index (κ1) is 16.5. The molecule has 1 aliphatic heterocycles. The Morgan fingerprint density at radius 1 is 1.35 bits per heavy atom. The molecule has 6 heteroatoms. The van der Waals surface area contributed by atoms with Crippen molar-refractivity contribution in [2.45, 2.75) is 70.2 Å². The van der Waals surface area contributed by atoms with Crippen LogP contribution in [-0.2, 0) is 19.1 Å². The maximum atomic E-state index is 12.3. The standard InChI is InChI=1S/C17H24O6/c1-10-5-4-6-15(3)7-8-16(20)13(12(10)15)23-14(19)17(16,21)9-22-11(2)18/h13,20-21H,4-9H2,1-3H3/t13-,15+,16?,17?/m0/s1. The number of rotatable bonds is 2. The number of carbonyl (C=O) groups excluding carboxylic acids is 2. The third-order valence-corrected chi connectivity index (χ3v) is 5.91. The average Bonchev–Trinajstić information content (AvgIpc) is 2.66. The molecule has 0 amide bonds. The second-order valence-electron chi connectivity index (χ2n) is 7.46. The number of allylic oxidation sites excluding steroid dienone is 1. The lowest BCUT2D eigenvalue weighted by Gasteiger charge is -2.50. The molecule has 2 N–H and O–H groups in total.